The average Bonchev–Trinajstić information content (AvgIpc) is 2.96. The predicted molar refractivity (Wildman–Crippen MR) is 75.6 cm³/mol. The second-order valence-electron chi connectivity index (χ2n) is 4.10. The van der Waals surface area contributed by atoms with E-state index in [1.165, 1.54) is 12.5 Å². The van der Waals surface area contributed by atoms with E-state index in [9.17, 15) is 4.79 Å². The van der Waals surface area contributed by atoms with Gasteiger partial charge in [0.05, 0.1) is 17.1 Å². The van der Waals surface area contributed by atoms with Crippen LogP contribution in [-0.2, 0) is 6.54 Å². The van der Waals surface area contributed by atoms with E-state index in [4.69, 9.17) is 11.6 Å². The molecule has 7 nitrogen and oxygen atoms in total. The van der Waals surface area contributed by atoms with Crippen LogP contribution in [0.3, 0.4) is 0 Å². The molecule has 8 heteroatoms. The van der Waals surface area contributed by atoms with Crippen LogP contribution in [0.2, 0.25) is 5.02 Å². The van der Waals surface area contributed by atoms with Gasteiger partial charge in [-0.3, -0.25) is 9.89 Å². The molecule has 20 heavy (non-hydrogen) atoms. The lowest BCUT2D eigenvalue weighted by molar-refractivity contribution is 0.0949. The van der Waals surface area contributed by atoms with Crippen molar-refractivity contribution in [2.45, 2.75) is 19.9 Å². The van der Waals surface area contributed by atoms with E-state index in [0.29, 0.717) is 22.2 Å². The van der Waals surface area contributed by atoms with E-state index in [1.54, 1.807) is 6.07 Å². The molecule has 1 amide bonds. The molecule has 2 heterocycles. The maximum Gasteiger partial charge on any atom is 0.253 e. The number of anilines is 1. The molecule has 0 spiro atoms. The first-order valence-electron chi connectivity index (χ1n) is 6.22. The van der Waals surface area contributed by atoms with Crippen LogP contribution in [0.15, 0.2) is 18.6 Å². The highest BCUT2D eigenvalue weighted by molar-refractivity contribution is 6.33. The number of nitrogens with one attached hydrogen (secondary N) is 3. The Bertz CT molecular complexity index is 571. The minimum absolute atomic E-state index is 0.266. The van der Waals surface area contributed by atoms with Crippen LogP contribution in [-0.4, -0.2) is 32.6 Å². The van der Waals surface area contributed by atoms with Crippen molar-refractivity contribution in [1.29, 1.82) is 0 Å². The van der Waals surface area contributed by atoms with E-state index >= 15 is 0 Å². The van der Waals surface area contributed by atoms with Crippen LogP contribution >= 0.6 is 11.6 Å². The highest BCUT2D eigenvalue weighted by Crippen LogP contribution is 2.20. The largest absolute Gasteiger partial charge is 0.369 e. The molecule has 0 aromatic carbocycles. The first-order chi connectivity index (χ1) is 9.70. The fourth-order valence-electron chi connectivity index (χ4n) is 1.52. The summed E-state index contributed by atoms with van der Waals surface area (Å²) in [6.07, 6.45) is 3.84. The van der Waals surface area contributed by atoms with Crippen LogP contribution < -0.4 is 10.6 Å². The number of amides is 1. The van der Waals surface area contributed by atoms with Crippen molar-refractivity contribution in [3.8, 4) is 0 Å². The summed E-state index contributed by atoms with van der Waals surface area (Å²) in [5, 5.41) is 12.6. The number of hydrogen-bond acceptors (Lipinski definition) is 5. The number of H-pyrrole nitrogens is 1. The molecular weight excluding hydrogens is 280 g/mol. The highest BCUT2D eigenvalue weighted by atomic mass is 35.5. The molecule has 106 valence electrons. The lowest BCUT2D eigenvalue weighted by Gasteiger charge is -2.08. The Balaban J connectivity index is 1.97. The summed E-state index contributed by atoms with van der Waals surface area (Å²) in [6, 6.07) is 1.59. The Morgan fingerprint density at radius 3 is 2.95 bits per heavy atom. The van der Waals surface area contributed by atoms with E-state index < -0.39 is 0 Å². The molecular formula is C12H15ClN6O. The molecule has 0 radical (unpaired) electrons. The van der Waals surface area contributed by atoms with Gasteiger partial charge in [-0.1, -0.05) is 18.5 Å². The second-order valence-corrected chi connectivity index (χ2v) is 4.50. The van der Waals surface area contributed by atoms with Crippen LogP contribution in [0.25, 0.3) is 0 Å². The van der Waals surface area contributed by atoms with Crippen molar-refractivity contribution in [2.75, 3.05) is 11.9 Å². The van der Waals surface area contributed by atoms with E-state index in [2.05, 4.69) is 30.8 Å². The van der Waals surface area contributed by atoms with Crippen molar-refractivity contribution in [3.63, 3.8) is 0 Å². The number of rotatable bonds is 6. The van der Waals surface area contributed by atoms with Crippen molar-refractivity contribution < 1.29 is 4.79 Å². The number of pyridine rings is 1. The zero-order valence-electron chi connectivity index (χ0n) is 11.0. The van der Waals surface area contributed by atoms with Gasteiger partial charge in [-0.2, -0.15) is 5.10 Å². The van der Waals surface area contributed by atoms with Gasteiger partial charge in [0.2, 0.25) is 0 Å². The van der Waals surface area contributed by atoms with Gasteiger partial charge in [0.15, 0.2) is 0 Å². The molecule has 2 rings (SSSR count). The molecule has 2 aromatic rings. The molecule has 0 aliphatic carbocycles. The van der Waals surface area contributed by atoms with Crippen LogP contribution in [0, 0.1) is 0 Å². The third-order valence-corrected chi connectivity index (χ3v) is 2.82. The fraction of sp³-hybridized carbons (Fsp3) is 0.333. The molecule has 0 aliphatic heterocycles. The van der Waals surface area contributed by atoms with Gasteiger partial charge in [-0.05, 0) is 12.5 Å². The summed E-state index contributed by atoms with van der Waals surface area (Å²) in [5.41, 5.74) is 0.400. The maximum atomic E-state index is 11.9. The van der Waals surface area contributed by atoms with Crippen LogP contribution in [0.4, 0.5) is 5.82 Å². The lowest BCUT2D eigenvalue weighted by atomic mass is 10.2. The molecule has 0 bridgehead atoms. The third-order valence-electron chi connectivity index (χ3n) is 2.53. The second kappa shape index (κ2) is 6.85. The molecule has 0 unspecified atom stereocenters. The summed E-state index contributed by atoms with van der Waals surface area (Å²) in [6.45, 7) is 3.10. The van der Waals surface area contributed by atoms with E-state index in [-0.39, 0.29) is 12.5 Å². The zero-order chi connectivity index (χ0) is 14.4. The van der Waals surface area contributed by atoms with E-state index in [0.717, 1.165) is 13.0 Å². The van der Waals surface area contributed by atoms with Crippen LogP contribution in [0.5, 0.6) is 0 Å². The summed E-state index contributed by atoms with van der Waals surface area (Å²) >= 11 is 6.08. The number of halogens is 1. The summed E-state index contributed by atoms with van der Waals surface area (Å²) < 4.78 is 0. The Morgan fingerprint density at radius 2 is 2.30 bits per heavy atom. The van der Waals surface area contributed by atoms with Gasteiger partial charge in [-0.15, -0.1) is 0 Å². The number of aromatic amines is 1. The first-order valence-corrected chi connectivity index (χ1v) is 6.60. The van der Waals surface area contributed by atoms with Crippen LogP contribution in [0.1, 0.15) is 29.5 Å². The standard InChI is InChI=1S/C12H15ClN6O/c1-2-3-14-11-9(13)4-8(5-15-11)12(20)16-6-10-17-7-18-19-10/h4-5,7H,2-3,6H2,1H3,(H,14,15)(H,16,20)(H,17,18,19). The fourth-order valence-corrected chi connectivity index (χ4v) is 1.75. The van der Waals surface area contributed by atoms with Gasteiger partial charge in [0.1, 0.15) is 18.0 Å². The first kappa shape index (κ1) is 14.3. The molecule has 0 saturated heterocycles. The number of carbonyl (C=O) groups is 1. The van der Waals surface area contributed by atoms with Gasteiger partial charge in [-0.25, -0.2) is 9.97 Å². The van der Waals surface area contributed by atoms with Crippen molar-refractivity contribution in [2.24, 2.45) is 0 Å². The maximum absolute atomic E-state index is 11.9. The predicted octanol–water partition coefficient (Wildman–Crippen LogP) is 1.60. The Kier molecular flexibility index (Phi) is 4.89. The molecule has 3 N–H and O–H groups in total. The quantitative estimate of drug-likeness (QED) is 0.752. The smallest absolute Gasteiger partial charge is 0.253 e. The zero-order valence-corrected chi connectivity index (χ0v) is 11.7. The monoisotopic (exact) mass is 294 g/mol. The minimum Gasteiger partial charge on any atom is -0.369 e. The summed E-state index contributed by atoms with van der Waals surface area (Å²) in [5.74, 6) is 0.900. The molecule has 0 saturated carbocycles. The SMILES string of the molecule is CCCNc1ncc(C(=O)NCc2ncn[nH]2)cc1Cl. The van der Waals surface area contributed by atoms with Gasteiger partial charge < -0.3 is 10.6 Å². The highest BCUT2D eigenvalue weighted by Gasteiger charge is 2.10. The summed E-state index contributed by atoms with van der Waals surface area (Å²) in [7, 11) is 0. The van der Waals surface area contributed by atoms with Crippen molar-refractivity contribution in [3.05, 3.63) is 35.0 Å². The number of hydrogen-bond donors (Lipinski definition) is 3. The molecule has 0 aliphatic rings. The normalized spacial score (nSPS) is 10.3. The number of carbonyl (C=O) groups excluding carboxylic acids is 1. The lowest BCUT2D eigenvalue weighted by Crippen LogP contribution is -2.23. The topological polar surface area (TPSA) is 95.6 Å². The van der Waals surface area contributed by atoms with Gasteiger partial charge >= 0.3 is 0 Å². The Hall–Kier alpha value is -2.15. The van der Waals surface area contributed by atoms with Gasteiger partial charge in [0.25, 0.3) is 5.91 Å². The Labute approximate surface area is 121 Å². The number of nitrogens with zero attached hydrogens (tertiary/aromatic N) is 3. The van der Waals surface area contributed by atoms with E-state index in [1.807, 2.05) is 6.92 Å². The molecule has 0 atom stereocenters. The van der Waals surface area contributed by atoms with Crippen molar-refractivity contribution in [1.82, 2.24) is 25.5 Å². The summed E-state index contributed by atoms with van der Waals surface area (Å²) in [4.78, 5) is 20.0. The average molecular weight is 295 g/mol. The third kappa shape index (κ3) is 3.67. The van der Waals surface area contributed by atoms with Gasteiger partial charge in [0, 0.05) is 12.7 Å². The molecule has 2 aromatic heterocycles. The van der Waals surface area contributed by atoms with Crippen molar-refractivity contribution >= 4 is 23.3 Å². The number of aromatic nitrogens is 4. The Morgan fingerprint density at radius 1 is 1.45 bits per heavy atom. The molecule has 0 fully saturated rings. The minimum atomic E-state index is -0.266.